The predicted molar refractivity (Wildman–Crippen MR) is 147 cm³/mol. The van der Waals surface area contributed by atoms with Crippen molar-refractivity contribution in [2.24, 2.45) is 5.73 Å². The number of rotatable bonds is 11. The molecule has 2 aliphatic rings. The molecule has 224 valence electrons. The van der Waals surface area contributed by atoms with Crippen LogP contribution in [0.15, 0.2) is 49.1 Å². The van der Waals surface area contributed by atoms with E-state index in [1.165, 1.54) is 12.7 Å². The van der Waals surface area contributed by atoms with Crippen LogP contribution in [0.1, 0.15) is 18.7 Å². The molecular formula is C25H30N7O9P. The number of anilines is 1. The molecule has 5 rings (SSSR count). The van der Waals surface area contributed by atoms with Crippen molar-refractivity contribution >= 4 is 42.7 Å². The Kier molecular flexibility index (Phi) is 8.93. The lowest BCUT2D eigenvalue weighted by Gasteiger charge is -2.21. The van der Waals surface area contributed by atoms with Gasteiger partial charge in [-0.3, -0.25) is 19.2 Å². The SMILES string of the molecule is CCNC(=O)Nc1ncnc2c1ncn2[C@@H]1O[C@H](COP(=O)(O)CC(N)C(=O)O)C2O[C@H](C=Cc3ccccc3)O[C@@H]21. The monoisotopic (exact) mass is 603 g/mol. The molecule has 2 fully saturated rings. The van der Waals surface area contributed by atoms with E-state index >= 15 is 0 Å². The molecule has 6 N–H and O–H groups in total. The molecular weight excluding hydrogens is 573 g/mol. The van der Waals surface area contributed by atoms with E-state index in [0.717, 1.165) is 5.56 Å². The predicted octanol–water partition coefficient (Wildman–Crippen LogP) is 1.30. The Balaban J connectivity index is 1.39. The number of hydrogen-bond acceptors (Lipinski definition) is 11. The van der Waals surface area contributed by atoms with E-state index in [-0.39, 0.29) is 5.82 Å². The number of nitrogens with one attached hydrogen (secondary N) is 2. The lowest BCUT2D eigenvalue weighted by atomic mass is 10.1. The van der Waals surface area contributed by atoms with Gasteiger partial charge in [-0.2, -0.15) is 0 Å². The molecule has 17 heteroatoms. The van der Waals surface area contributed by atoms with E-state index in [1.807, 2.05) is 36.4 Å². The zero-order valence-electron chi connectivity index (χ0n) is 22.3. The van der Waals surface area contributed by atoms with E-state index in [9.17, 15) is 19.0 Å². The van der Waals surface area contributed by atoms with E-state index in [2.05, 4.69) is 25.6 Å². The van der Waals surface area contributed by atoms with E-state index in [1.54, 1.807) is 17.6 Å². The summed E-state index contributed by atoms with van der Waals surface area (Å²) in [5.74, 6) is -1.25. The largest absolute Gasteiger partial charge is 0.480 e. The minimum absolute atomic E-state index is 0.183. The molecule has 4 heterocycles. The van der Waals surface area contributed by atoms with E-state index < -0.39 is 69.2 Å². The molecule has 7 atom stereocenters. The molecule has 2 aromatic heterocycles. The molecule has 2 amide bonds. The molecule has 1 aromatic carbocycles. The Labute approximate surface area is 239 Å². The number of carbonyl (C=O) groups excluding carboxylic acids is 1. The second kappa shape index (κ2) is 12.6. The average molecular weight is 604 g/mol. The van der Waals surface area contributed by atoms with Crippen molar-refractivity contribution in [2.75, 3.05) is 24.6 Å². The second-order valence-electron chi connectivity index (χ2n) is 9.50. The molecule has 0 bridgehead atoms. The number of urea groups is 1. The number of ether oxygens (including phenoxy) is 3. The maximum atomic E-state index is 12.5. The van der Waals surface area contributed by atoms with Gasteiger partial charge in [0.2, 0.25) is 0 Å². The van der Waals surface area contributed by atoms with Gasteiger partial charge in [-0.05, 0) is 18.6 Å². The fraction of sp³-hybridized carbons (Fsp3) is 0.400. The number of imidazole rings is 1. The lowest BCUT2D eigenvalue weighted by molar-refractivity contribution is -0.138. The van der Waals surface area contributed by atoms with Crippen LogP contribution >= 0.6 is 7.60 Å². The first kappa shape index (κ1) is 29.7. The molecule has 0 spiro atoms. The summed E-state index contributed by atoms with van der Waals surface area (Å²) in [5, 5.41) is 14.3. The third-order valence-electron chi connectivity index (χ3n) is 6.50. The number of aromatic nitrogens is 4. The number of benzene rings is 1. The minimum Gasteiger partial charge on any atom is -0.480 e. The van der Waals surface area contributed by atoms with Gasteiger partial charge in [-0.25, -0.2) is 19.7 Å². The first-order chi connectivity index (χ1) is 20.1. The fourth-order valence-corrected chi connectivity index (χ4v) is 5.71. The summed E-state index contributed by atoms with van der Waals surface area (Å²) < 4.78 is 37.8. The molecule has 2 saturated heterocycles. The van der Waals surface area contributed by atoms with Crippen LogP contribution in [0.4, 0.5) is 10.6 Å². The second-order valence-corrected chi connectivity index (χ2v) is 11.4. The topological polar surface area (TPSA) is 222 Å². The number of amides is 2. The summed E-state index contributed by atoms with van der Waals surface area (Å²) in [6.07, 6.45) is 1.48. The van der Waals surface area contributed by atoms with Crippen molar-refractivity contribution in [2.45, 2.75) is 43.8 Å². The number of carboxylic acid groups (broad SMARTS) is 1. The van der Waals surface area contributed by atoms with Crippen LogP contribution in [0.25, 0.3) is 17.2 Å². The highest BCUT2D eigenvalue weighted by molar-refractivity contribution is 7.52. The lowest BCUT2D eigenvalue weighted by Crippen LogP contribution is -2.35. The number of nitrogens with zero attached hydrogens (tertiary/aromatic N) is 4. The van der Waals surface area contributed by atoms with Crippen molar-refractivity contribution < 1.29 is 42.9 Å². The van der Waals surface area contributed by atoms with Crippen molar-refractivity contribution in [1.82, 2.24) is 24.8 Å². The van der Waals surface area contributed by atoms with Crippen molar-refractivity contribution in [3.63, 3.8) is 0 Å². The smallest absolute Gasteiger partial charge is 0.330 e. The van der Waals surface area contributed by atoms with Crippen LogP contribution < -0.4 is 16.4 Å². The number of carboxylic acids is 1. The van der Waals surface area contributed by atoms with Crippen LogP contribution in [0, 0.1) is 0 Å². The summed E-state index contributed by atoms with van der Waals surface area (Å²) in [6.45, 7) is 1.78. The Morgan fingerprint density at radius 2 is 1.95 bits per heavy atom. The minimum atomic E-state index is -4.39. The highest BCUT2D eigenvalue weighted by Crippen LogP contribution is 2.46. The van der Waals surface area contributed by atoms with Gasteiger partial charge in [0.15, 0.2) is 29.5 Å². The zero-order chi connectivity index (χ0) is 29.9. The average Bonchev–Trinajstić information content (AvgIpc) is 3.65. The van der Waals surface area contributed by atoms with E-state index in [4.69, 9.17) is 29.6 Å². The Bertz CT molecular complexity index is 1500. The van der Waals surface area contributed by atoms with Crippen LogP contribution in [0.5, 0.6) is 0 Å². The third kappa shape index (κ3) is 6.65. The highest BCUT2D eigenvalue weighted by Gasteiger charge is 2.54. The van der Waals surface area contributed by atoms with Crippen LogP contribution in [-0.2, 0) is 28.1 Å². The molecule has 2 aliphatic heterocycles. The number of hydrogen-bond donors (Lipinski definition) is 5. The van der Waals surface area contributed by atoms with Gasteiger partial charge in [0.1, 0.15) is 30.7 Å². The first-order valence-corrected chi connectivity index (χ1v) is 14.8. The zero-order valence-corrected chi connectivity index (χ0v) is 23.2. The van der Waals surface area contributed by atoms with Gasteiger partial charge in [-0.1, -0.05) is 36.4 Å². The first-order valence-electron chi connectivity index (χ1n) is 13.0. The quantitative estimate of drug-likeness (QED) is 0.195. The Hall–Kier alpha value is -3.76. The summed E-state index contributed by atoms with van der Waals surface area (Å²) in [5.41, 5.74) is 6.97. The molecule has 3 aromatic rings. The van der Waals surface area contributed by atoms with Gasteiger partial charge in [0.05, 0.1) is 19.1 Å². The van der Waals surface area contributed by atoms with Crippen LogP contribution in [-0.4, -0.2) is 91.5 Å². The van der Waals surface area contributed by atoms with E-state index in [0.29, 0.717) is 17.7 Å². The fourth-order valence-electron chi connectivity index (χ4n) is 4.57. The summed E-state index contributed by atoms with van der Waals surface area (Å²) >= 11 is 0. The number of carbonyl (C=O) groups is 2. The molecule has 42 heavy (non-hydrogen) atoms. The standard InChI is InChI=1S/C25H30N7O9P/c1-2-27-25(35)31-21-18-22(29-12-28-21)32(13-30-18)23-20-19(40-17(41-20)9-8-14-6-4-3-5-7-14)16(39-23)10-38-42(36,37)11-15(26)24(33)34/h3-9,12-13,15-17,19-20,23H,2,10-11,26H2,1H3,(H,33,34)(H,36,37)(H2,27,28,29,31,35)/t15?,16-,17+,19?,20+,23-/m1/s1. The number of nitrogens with two attached hydrogens (primary N) is 1. The van der Waals surface area contributed by atoms with Crippen LogP contribution in [0.3, 0.4) is 0 Å². The maximum Gasteiger partial charge on any atom is 0.330 e. The molecule has 0 aliphatic carbocycles. The number of aliphatic carboxylic acids is 1. The number of fused-ring (bicyclic) bond motifs is 2. The van der Waals surface area contributed by atoms with Gasteiger partial charge in [-0.15, -0.1) is 0 Å². The summed E-state index contributed by atoms with van der Waals surface area (Å²) in [6, 6.07) is 7.48. The Morgan fingerprint density at radius 1 is 1.19 bits per heavy atom. The molecule has 0 saturated carbocycles. The van der Waals surface area contributed by atoms with Crippen molar-refractivity contribution in [1.29, 1.82) is 0 Å². The molecule has 3 unspecified atom stereocenters. The van der Waals surface area contributed by atoms with Gasteiger partial charge >= 0.3 is 19.6 Å². The Morgan fingerprint density at radius 3 is 2.69 bits per heavy atom. The van der Waals surface area contributed by atoms with Gasteiger partial charge in [0, 0.05) is 6.54 Å². The van der Waals surface area contributed by atoms with Crippen LogP contribution in [0.2, 0.25) is 0 Å². The maximum absolute atomic E-state index is 12.5. The summed E-state index contributed by atoms with van der Waals surface area (Å²) in [4.78, 5) is 46.1. The van der Waals surface area contributed by atoms with Gasteiger partial charge < -0.3 is 39.8 Å². The normalized spacial score (nSPS) is 25.7. The summed E-state index contributed by atoms with van der Waals surface area (Å²) in [7, 11) is -4.39. The molecule has 0 radical (unpaired) electrons. The van der Waals surface area contributed by atoms with Gasteiger partial charge in [0.25, 0.3) is 0 Å². The molecule has 16 nitrogen and oxygen atoms in total. The highest BCUT2D eigenvalue weighted by atomic mass is 31.2. The third-order valence-corrected chi connectivity index (χ3v) is 7.91. The van der Waals surface area contributed by atoms with Crippen molar-refractivity contribution in [3.05, 3.63) is 54.6 Å². The van der Waals surface area contributed by atoms with Crippen molar-refractivity contribution in [3.8, 4) is 0 Å².